The Morgan fingerprint density at radius 1 is 0.524 bits per heavy atom. The van der Waals surface area contributed by atoms with Crippen molar-refractivity contribution in [3.8, 4) is 18.2 Å². The third kappa shape index (κ3) is 44.4. The Labute approximate surface area is 876 Å². The minimum absolute atomic E-state index is 0.0172. The number of likely N-dealkylation sites (N-methyl/N-ethyl adjacent to an activating group) is 1. The zero-order chi connectivity index (χ0) is 108. The molecule has 1 aliphatic heterocycles. The number of fused-ring (bicyclic) bond motifs is 1. The van der Waals surface area contributed by atoms with Gasteiger partial charge >= 0.3 is 29.8 Å². The van der Waals surface area contributed by atoms with Crippen molar-refractivity contribution >= 4 is 80.8 Å². The lowest BCUT2D eigenvalue weighted by Gasteiger charge is -2.44. The highest BCUT2D eigenvalue weighted by Crippen LogP contribution is 2.53. The molecule has 147 heavy (non-hydrogen) atoms. The van der Waals surface area contributed by atoms with E-state index in [4.69, 9.17) is 86.5 Å². The van der Waals surface area contributed by atoms with Crippen molar-refractivity contribution in [3.63, 3.8) is 0 Å². The Balaban J connectivity index is 0.00000140. The maximum absolute atomic E-state index is 15.9. The molecule has 1 aliphatic rings. The van der Waals surface area contributed by atoms with Gasteiger partial charge in [-0.25, -0.2) is 22.5 Å². The highest BCUT2D eigenvalue weighted by molar-refractivity contribution is 7.89. The van der Waals surface area contributed by atoms with Gasteiger partial charge in [-0.05, 0) is 176 Å². The smallest absolute Gasteiger partial charge is 0.318 e. The number of unbranched alkanes of at least 4 members (excludes halogenated alkanes) is 7. The molecule has 2 aromatic carbocycles. The summed E-state index contributed by atoms with van der Waals surface area (Å²) in [6.07, 6.45) is 18.6. The summed E-state index contributed by atoms with van der Waals surface area (Å²) in [5.41, 5.74) is -6.61. The standard InChI is InChI=1S/C86H135Cl2N17O20S.C16H27NO4/c1-14-16-17-18-19-20-21-22-29-102-51-67(92-96-102)57-122-78(109)82(4,5)60-84(7,79(110)123-58-68-52-103(97-93-68)31-27-89-75(107)26-30-100(10)11)62-85(8,80(111)124-59-69-53-104(98-94-69)32-35-117-40-44-121-46-45-119-38-37-115-13)63-86(9,61-83(6,15-2)77(108)90-50-64(3)106)81(112)125-76-56-105(99-95-76)33-36-118-41-43-120-42-39-116-34-28-91-126(113,114)70-25-23-24-65(47-70)72-54-101(12)55-73-71(72)48-66(87)49-74(73)88;1-7-9-21-14(20)15(4,5)11-16(6,8-2)13(19)17-10-12(3)18/h23-25,47-49,51-53,56,64,72,91,106H,14-22,26-46,50,54-55,57-63H2,1-13H3,(H,89,107)(H,90,108);1,12,18H,8-11H2,2-6H3,(H,17,19). The summed E-state index contributed by atoms with van der Waals surface area (Å²) >= 11 is 13.0. The number of terminal acetylenes is 1. The van der Waals surface area contributed by atoms with E-state index < -0.39 is 122 Å². The van der Waals surface area contributed by atoms with Gasteiger partial charge in [-0.3, -0.25) is 47.7 Å². The molecule has 42 nitrogen and oxygen atoms in total. The molecule has 0 spiro atoms. The van der Waals surface area contributed by atoms with E-state index in [1.165, 1.54) is 66.2 Å². The van der Waals surface area contributed by atoms with Crippen LogP contribution in [0.15, 0.2) is 66.1 Å². The van der Waals surface area contributed by atoms with Gasteiger partial charge in [0.1, 0.15) is 36.9 Å². The van der Waals surface area contributed by atoms with Crippen LogP contribution in [0.25, 0.3) is 0 Å². The van der Waals surface area contributed by atoms with E-state index in [0.29, 0.717) is 101 Å². The number of aliphatic hydroxyl groups is 2. The number of esters is 5. The van der Waals surface area contributed by atoms with E-state index in [9.17, 15) is 42.6 Å². The van der Waals surface area contributed by atoms with Crippen LogP contribution in [0.3, 0.4) is 0 Å². The number of benzene rings is 2. The Morgan fingerprint density at radius 3 is 1.48 bits per heavy atom. The van der Waals surface area contributed by atoms with Crippen LogP contribution >= 0.6 is 23.2 Å². The lowest BCUT2D eigenvalue weighted by atomic mass is 9.59. The van der Waals surface area contributed by atoms with Gasteiger partial charge < -0.3 is 92.8 Å². The quantitative estimate of drug-likeness (QED) is 0.00894. The number of hydrogen-bond donors (Lipinski definition) is 6. The fourth-order valence-corrected chi connectivity index (χ4v) is 19.1. The lowest BCUT2D eigenvalue weighted by molar-refractivity contribution is -0.173. The topological polar surface area (TPSA) is 499 Å². The monoisotopic (exact) mass is 2130 g/mol. The number of carbonyl (C=O) groups is 8. The number of methoxy groups -OCH3 is 1. The van der Waals surface area contributed by atoms with Crippen molar-refractivity contribution in [3.05, 3.63) is 105 Å². The van der Waals surface area contributed by atoms with Crippen molar-refractivity contribution < 1.29 is 114 Å². The number of aromatic nitrogens is 12. The molecular formula is C102H162Cl2N18O24S. The first-order valence-electron chi connectivity index (χ1n) is 50.7. The van der Waals surface area contributed by atoms with Crippen LogP contribution in [0, 0.1) is 50.2 Å². The van der Waals surface area contributed by atoms with Crippen LogP contribution in [0.4, 0.5) is 0 Å². The molecule has 0 bridgehead atoms. The van der Waals surface area contributed by atoms with E-state index in [0.717, 1.165) is 36.0 Å². The first-order chi connectivity index (χ1) is 69.7. The number of ether oxygens (including phenoxy) is 12. The number of hydrogen-bond acceptors (Lipinski definition) is 34. The van der Waals surface area contributed by atoms with Gasteiger partial charge in [0.2, 0.25) is 27.7 Å². The average Bonchev–Trinajstić information content (AvgIpc) is 1.08. The molecule has 6 N–H and O–H groups in total. The normalized spacial score (nSPS) is 15.4. The third-order valence-corrected chi connectivity index (χ3v) is 27.3. The van der Waals surface area contributed by atoms with Gasteiger partial charge in [0.15, 0.2) is 6.61 Å². The SMILES string of the molecule is C#CCOC(=O)C(C)(C)CC(C)(CC)C(=O)NCC(C)O.CCCCCCCCCCn1cc(COC(=O)C(C)(C)CC(C)(CC(C)(CC(C)(CC(C)(CC)C(=O)NCC(C)O)C(=O)Oc2cn(CCOCCOCCOCCNS(=O)(=O)c3cccc(C4CN(C)Cc5c(Cl)cc(Cl)cc54)c3)nn2)C(=O)OCc2cn(CCOCCOCCOCCOC)nn2)C(=O)OCc2cn(CCNC(=O)CCN(C)C)nn2)nn1. The molecule has 7 rings (SSSR count). The predicted molar refractivity (Wildman–Crippen MR) is 548 cm³/mol. The minimum Gasteiger partial charge on any atom is -0.459 e. The van der Waals surface area contributed by atoms with Crippen LogP contribution in [-0.4, -0.2) is 308 Å². The van der Waals surface area contributed by atoms with E-state index in [1.54, 1.807) is 124 Å². The Hall–Kier alpha value is -9.63. The van der Waals surface area contributed by atoms with Crippen LogP contribution < -0.4 is 25.4 Å². The van der Waals surface area contributed by atoms with Crippen LogP contribution in [0.5, 0.6) is 5.88 Å². The molecule has 4 aromatic heterocycles. The second kappa shape index (κ2) is 63.5. The zero-order valence-corrected chi connectivity index (χ0v) is 91.8. The van der Waals surface area contributed by atoms with E-state index in [1.807, 2.05) is 45.1 Å². The Kier molecular flexibility index (Phi) is 54.4. The number of aliphatic hydroxyl groups excluding tert-OH is 2. The van der Waals surface area contributed by atoms with Crippen LogP contribution in [0.1, 0.15) is 239 Å². The largest absolute Gasteiger partial charge is 0.459 e. The van der Waals surface area contributed by atoms with E-state index >= 15 is 14.4 Å². The molecule has 0 aliphatic carbocycles. The molecule has 0 radical (unpaired) electrons. The van der Waals surface area contributed by atoms with Gasteiger partial charge in [-0.1, -0.05) is 147 Å². The van der Waals surface area contributed by atoms with Gasteiger partial charge in [-0.2, -0.15) is 0 Å². The molecule has 0 saturated heterocycles. The molecule has 45 heteroatoms. The fourth-order valence-electron chi connectivity index (χ4n) is 17.4. The predicted octanol–water partition coefficient (Wildman–Crippen LogP) is 10.0. The van der Waals surface area contributed by atoms with E-state index in [2.05, 4.69) is 79.7 Å². The van der Waals surface area contributed by atoms with Crippen molar-refractivity contribution in [1.29, 1.82) is 0 Å². The Bertz CT molecular complexity index is 5190. The van der Waals surface area contributed by atoms with Crippen molar-refractivity contribution in [2.24, 2.45) is 37.9 Å². The van der Waals surface area contributed by atoms with Gasteiger partial charge in [0.25, 0.3) is 5.88 Å². The van der Waals surface area contributed by atoms with Crippen molar-refractivity contribution in [2.75, 3.05) is 160 Å². The molecule has 8 unspecified atom stereocenters. The first kappa shape index (κ1) is 126. The summed E-state index contributed by atoms with van der Waals surface area (Å²) in [5.74, 6) is -2.89. The number of sulfonamides is 1. The van der Waals surface area contributed by atoms with Gasteiger partial charge in [0.05, 0.1) is 174 Å². The molecule has 6 aromatic rings. The van der Waals surface area contributed by atoms with Gasteiger partial charge in [0, 0.05) is 92.7 Å². The molecule has 0 saturated carbocycles. The molecule has 824 valence electrons. The maximum Gasteiger partial charge on any atom is 0.318 e. The maximum atomic E-state index is 15.9. The number of carbonyl (C=O) groups excluding carboxylic acids is 8. The van der Waals surface area contributed by atoms with Crippen molar-refractivity contribution in [1.82, 2.24) is 90.4 Å². The second-order valence-corrected chi connectivity index (χ2v) is 43.2. The highest BCUT2D eigenvalue weighted by atomic mass is 35.5. The number of nitrogens with one attached hydrogen (secondary N) is 4. The summed E-state index contributed by atoms with van der Waals surface area (Å²) in [6.45, 7) is 29.5. The highest BCUT2D eigenvalue weighted by Gasteiger charge is 2.56. The fraction of sp³-hybridized carbons (Fsp3) is 0.706. The molecule has 8 atom stereocenters. The average molecular weight is 2130 g/mol. The van der Waals surface area contributed by atoms with Crippen molar-refractivity contribution in [2.45, 2.75) is 275 Å². The minimum atomic E-state index is -3.89. The zero-order valence-electron chi connectivity index (χ0n) is 89.5. The number of nitrogens with zero attached hydrogens (tertiary/aromatic N) is 14. The molecule has 3 amide bonds. The number of amides is 3. The Morgan fingerprint density at radius 2 is 0.966 bits per heavy atom. The number of rotatable bonds is 73. The summed E-state index contributed by atoms with van der Waals surface area (Å²) < 4.78 is 104. The second-order valence-electron chi connectivity index (χ2n) is 40.6. The van der Waals surface area contributed by atoms with E-state index in [-0.39, 0.29) is 164 Å². The molecule has 0 fully saturated rings. The summed E-state index contributed by atoms with van der Waals surface area (Å²) in [6, 6.07) is 10.4. The number of aryl methyl sites for hydroxylation is 1. The van der Waals surface area contributed by atoms with Crippen LogP contribution in [-0.2, 0) is 153 Å². The van der Waals surface area contributed by atoms with Crippen LogP contribution in [0.2, 0.25) is 10.0 Å². The molecule has 5 heterocycles. The summed E-state index contributed by atoms with van der Waals surface area (Å²) in [5, 5.41) is 63.1. The molecular weight excluding hydrogens is 1960 g/mol. The third-order valence-electron chi connectivity index (χ3n) is 25.3. The lowest BCUT2D eigenvalue weighted by Crippen LogP contribution is -2.50. The van der Waals surface area contributed by atoms with Gasteiger partial charge in [-0.15, -0.1) is 21.7 Å². The summed E-state index contributed by atoms with van der Waals surface area (Å²) in [4.78, 5) is 117. The number of halogens is 2. The first-order valence-corrected chi connectivity index (χ1v) is 52.9. The summed E-state index contributed by atoms with van der Waals surface area (Å²) in [7, 11) is 3.44.